The highest BCUT2D eigenvalue weighted by Crippen LogP contribution is 2.20. The number of benzene rings is 2. The summed E-state index contributed by atoms with van der Waals surface area (Å²) in [6.07, 6.45) is -0.477. The highest BCUT2D eigenvalue weighted by atomic mass is 19.1. The zero-order chi connectivity index (χ0) is 19.4. The first-order chi connectivity index (χ1) is 13.0. The largest absolute Gasteiger partial charge is 0.375 e. The molecular weight excluding hydrogens is 352 g/mol. The Bertz CT molecular complexity index is 939. The van der Waals surface area contributed by atoms with Crippen molar-refractivity contribution in [3.63, 3.8) is 0 Å². The molecule has 1 atom stereocenters. The molecule has 0 aliphatic heterocycles. The fourth-order valence-electron chi connectivity index (χ4n) is 2.76. The summed E-state index contributed by atoms with van der Waals surface area (Å²) in [7, 11) is 3.15. The Hall–Kier alpha value is -3.06. The number of aromatic nitrogens is 2. The molecule has 0 aliphatic rings. The van der Waals surface area contributed by atoms with Crippen molar-refractivity contribution in [2.45, 2.75) is 6.10 Å². The minimum Gasteiger partial charge on any atom is -0.375 e. The van der Waals surface area contributed by atoms with E-state index in [-0.39, 0.29) is 24.1 Å². The normalized spacial score (nSPS) is 12.0. The second-order valence-corrected chi connectivity index (χ2v) is 6.03. The zero-order valence-electron chi connectivity index (χ0n) is 14.9. The fourth-order valence-corrected chi connectivity index (χ4v) is 2.76. The average Bonchev–Trinajstić information content (AvgIpc) is 3.04. The monoisotopic (exact) mass is 371 g/mol. The molecule has 0 fully saturated rings. The third-order valence-electron chi connectivity index (χ3n) is 4.21. The van der Waals surface area contributed by atoms with Gasteiger partial charge in [0, 0.05) is 26.3 Å². The number of aryl methyl sites for hydroxylation is 1. The van der Waals surface area contributed by atoms with Gasteiger partial charge in [0.05, 0.1) is 11.8 Å². The highest BCUT2D eigenvalue weighted by molar-refractivity contribution is 5.93. The summed E-state index contributed by atoms with van der Waals surface area (Å²) < 4.78 is 33.3. The number of ether oxygens (including phenoxy) is 1. The number of hydrogen-bond donors (Lipinski definition) is 1. The van der Waals surface area contributed by atoms with Crippen LogP contribution in [-0.4, -0.2) is 29.3 Å². The van der Waals surface area contributed by atoms with Gasteiger partial charge in [-0.05, 0) is 48.0 Å². The van der Waals surface area contributed by atoms with Gasteiger partial charge in [0.25, 0.3) is 5.91 Å². The van der Waals surface area contributed by atoms with E-state index in [1.54, 1.807) is 37.4 Å². The van der Waals surface area contributed by atoms with Crippen LogP contribution in [0.3, 0.4) is 0 Å². The van der Waals surface area contributed by atoms with Crippen LogP contribution in [0.1, 0.15) is 22.2 Å². The summed E-state index contributed by atoms with van der Waals surface area (Å²) in [4.78, 5) is 12.5. The maximum absolute atomic E-state index is 13.4. The first kappa shape index (κ1) is 18.7. The van der Waals surface area contributed by atoms with Crippen LogP contribution in [0.2, 0.25) is 0 Å². The Labute approximate surface area is 155 Å². The van der Waals surface area contributed by atoms with Crippen LogP contribution in [0.5, 0.6) is 0 Å². The average molecular weight is 371 g/mol. The Morgan fingerprint density at radius 2 is 1.89 bits per heavy atom. The smallest absolute Gasteiger partial charge is 0.269 e. The minimum atomic E-state index is -0.477. The van der Waals surface area contributed by atoms with Crippen LogP contribution < -0.4 is 5.32 Å². The number of rotatable bonds is 6. The van der Waals surface area contributed by atoms with Crippen molar-refractivity contribution >= 4 is 5.91 Å². The van der Waals surface area contributed by atoms with Gasteiger partial charge < -0.3 is 10.1 Å². The Balaban J connectivity index is 1.71. The van der Waals surface area contributed by atoms with Gasteiger partial charge in [-0.3, -0.25) is 9.48 Å². The number of nitrogens with zero attached hydrogens (tertiary/aromatic N) is 2. The lowest BCUT2D eigenvalue weighted by Gasteiger charge is -2.16. The Morgan fingerprint density at radius 1 is 1.15 bits per heavy atom. The van der Waals surface area contributed by atoms with Gasteiger partial charge in [0.15, 0.2) is 0 Å². The van der Waals surface area contributed by atoms with Gasteiger partial charge >= 0.3 is 0 Å². The minimum absolute atomic E-state index is 0.176. The van der Waals surface area contributed by atoms with Crippen molar-refractivity contribution in [2.75, 3.05) is 13.7 Å². The van der Waals surface area contributed by atoms with E-state index >= 15 is 0 Å². The fraction of sp³-hybridized carbons (Fsp3) is 0.200. The molecule has 2 aromatic carbocycles. The quantitative estimate of drug-likeness (QED) is 0.722. The third-order valence-corrected chi connectivity index (χ3v) is 4.21. The van der Waals surface area contributed by atoms with Crippen LogP contribution in [0.4, 0.5) is 8.78 Å². The van der Waals surface area contributed by atoms with Crippen LogP contribution in [0.15, 0.2) is 54.6 Å². The van der Waals surface area contributed by atoms with Crippen molar-refractivity contribution in [1.82, 2.24) is 15.1 Å². The first-order valence-electron chi connectivity index (χ1n) is 8.34. The molecule has 0 saturated carbocycles. The second-order valence-electron chi connectivity index (χ2n) is 6.03. The highest BCUT2D eigenvalue weighted by Gasteiger charge is 2.17. The molecule has 1 unspecified atom stereocenters. The molecule has 0 radical (unpaired) electrons. The molecule has 0 spiro atoms. The maximum atomic E-state index is 13.4. The van der Waals surface area contributed by atoms with E-state index in [2.05, 4.69) is 10.4 Å². The number of hydrogen-bond acceptors (Lipinski definition) is 3. The molecular formula is C20H19F2N3O2. The topological polar surface area (TPSA) is 56.1 Å². The lowest BCUT2D eigenvalue weighted by Crippen LogP contribution is -2.30. The van der Waals surface area contributed by atoms with Crippen molar-refractivity contribution in [3.8, 4) is 11.3 Å². The molecule has 1 amide bonds. The number of carbonyl (C=O) groups is 1. The predicted molar refractivity (Wildman–Crippen MR) is 97.1 cm³/mol. The molecule has 140 valence electrons. The van der Waals surface area contributed by atoms with Crippen LogP contribution >= 0.6 is 0 Å². The zero-order valence-corrected chi connectivity index (χ0v) is 14.9. The molecule has 27 heavy (non-hydrogen) atoms. The summed E-state index contributed by atoms with van der Waals surface area (Å²) in [5, 5.41) is 7.08. The van der Waals surface area contributed by atoms with E-state index in [1.165, 1.54) is 36.1 Å². The second kappa shape index (κ2) is 8.09. The molecule has 1 heterocycles. The van der Waals surface area contributed by atoms with Crippen molar-refractivity contribution in [1.29, 1.82) is 0 Å². The summed E-state index contributed by atoms with van der Waals surface area (Å²) >= 11 is 0. The number of methoxy groups -OCH3 is 1. The van der Waals surface area contributed by atoms with Gasteiger partial charge in [-0.25, -0.2) is 8.78 Å². The van der Waals surface area contributed by atoms with E-state index in [1.807, 2.05) is 0 Å². The molecule has 0 bridgehead atoms. The van der Waals surface area contributed by atoms with Gasteiger partial charge in [-0.1, -0.05) is 12.1 Å². The van der Waals surface area contributed by atoms with Gasteiger partial charge in [-0.15, -0.1) is 0 Å². The lowest BCUT2D eigenvalue weighted by atomic mass is 10.1. The lowest BCUT2D eigenvalue weighted by molar-refractivity contribution is 0.0820. The molecule has 1 aromatic heterocycles. The number of halogens is 2. The van der Waals surface area contributed by atoms with Crippen LogP contribution in [-0.2, 0) is 11.8 Å². The summed E-state index contributed by atoms with van der Waals surface area (Å²) in [5.41, 5.74) is 2.26. The number of amides is 1. The van der Waals surface area contributed by atoms with Crippen LogP contribution in [0, 0.1) is 11.6 Å². The number of nitrogens with one attached hydrogen (secondary N) is 1. The van der Waals surface area contributed by atoms with Crippen LogP contribution in [0.25, 0.3) is 11.3 Å². The Morgan fingerprint density at radius 3 is 2.56 bits per heavy atom. The molecule has 1 N–H and O–H groups in total. The predicted octanol–water partition coefficient (Wildman–Crippen LogP) is 3.48. The van der Waals surface area contributed by atoms with Gasteiger partial charge in [0.1, 0.15) is 17.3 Å². The molecule has 5 nitrogen and oxygen atoms in total. The molecule has 3 rings (SSSR count). The summed E-state index contributed by atoms with van der Waals surface area (Å²) in [6, 6.07) is 13.6. The molecule has 0 aliphatic carbocycles. The van der Waals surface area contributed by atoms with Gasteiger partial charge in [-0.2, -0.15) is 5.10 Å². The molecule has 3 aromatic rings. The third kappa shape index (κ3) is 4.38. The van der Waals surface area contributed by atoms with E-state index < -0.39 is 6.10 Å². The van der Waals surface area contributed by atoms with Gasteiger partial charge in [0.2, 0.25) is 0 Å². The molecule has 0 saturated heterocycles. The van der Waals surface area contributed by atoms with E-state index in [0.717, 1.165) is 0 Å². The van der Waals surface area contributed by atoms with E-state index in [0.29, 0.717) is 22.5 Å². The maximum Gasteiger partial charge on any atom is 0.269 e. The molecule has 7 heteroatoms. The summed E-state index contributed by atoms with van der Waals surface area (Å²) in [6.45, 7) is 0.176. The van der Waals surface area contributed by atoms with E-state index in [9.17, 15) is 13.6 Å². The first-order valence-corrected chi connectivity index (χ1v) is 8.34. The van der Waals surface area contributed by atoms with Crippen molar-refractivity contribution in [3.05, 3.63) is 77.5 Å². The SMILES string of the molecule is COC(CNC(=O)c1cc(-c2ccc(F)cc2)nn1C)c1cccc(F)c1. The summed E-state index contributed by atoms with van der Waals surface area (Å²) in [5.74, 6) is -1.04. The van der Waals surface area contributed by atoms with Crippen molar-refractivity contribution in [2.24, 2.45) is 7.05 Å². The standard InChI is InChI=1S/C20H19F2N3O2/c1-25-18(11-17(24-25)13-6-8-15(21)9-7-13)20(26)23-12-19(27-2)14-4-3-5-16(22)10-14/h3-11,19H,12H2,1-2H3,(H,23,26). The number of carbonyl (C=O) groups excluding carboxylic acids is 1. The van der Waals surface area contributed by atoms with Crippen molar-refractivity contribution < 1.29 is 18.3 Å². The Kier molecular flexibility index (Phi) is 5.61. The van der Waals surface area contributed by atoms with E-state index in [4.69, 9.17) is 4.74 Å².